The molecule has 0 saturated heterocycles. The van der Waals surface area contributed by atoms with Crippen LogP contribution in [0.15, 0.2) is 60.9 Å². The number of terminal acetylenes is 1. The standard InChI is InChI=1S/C13H14N2Si.C10H6N2.CH2O3.2K.H/c1-16(2,3)10-8-11-6-7-12-13(15-11)5-4-9-14-12;1-2-8-5-6-9-10(12-8)4-3-7-11-9;2-1-4-3;;;/h4-7,9H,1-3H3;1,3-7H;1,3H;;;/q;;;2*+1;-1/p-1. The molecule has 0 saturated carbocycles. The SMILES string of the molecule is C#Cc1ccc2ncccc2n1.C[Si](C)(C)C#Cc1ccc2ncccc2n1.O=CO[O-].[H-].[K+].[K+]. The molecule has 0 aromatic carbocycles. The van der Waals surface area contributed by atoms with Crippen LogP contribution < -0.4 is 108 Å². The molecule has 0 aliphatic rings. The maximum Gasteiger partial charge on any atom is 1.00 e. The molecule has 0 aliphatic carbocycles. The van der Waals surface area contributed by atoms with E-state index >= 15 is 0 Å². The van der Waals surface area contributed by atoms with Crippen LogP contribution in [-0.4, -0.2) is 34.5 Å². The molecule has 4 rings (SSSR count). The second-order valence-corrected chi connectivity index (χ2v) is 12.1. The van der Waals surface area contributed by atoms with E-state index < -0.39 is 8.07 Å². The van der Waals surface area contributed by atoms with E-state index in [-0.39, 0.29) is 111 Å². The number of hydrogen-bond acceptors (Lipinski definition) is 7. The minimum absolute atomic E-state index is 0. The minimum atomic E-state index is -1.32. The first kappa shape index (κ1) is 33.2. The number of aromatic nitrogens is 4. The Bertz CT molecular complexity index is 1320. The fourth-order valence-corrected chi connectivity index (χ4v) is 2.82. The third kappa shape index (κ3) is 12.2. The van der Waals surface area contributed by atoms with Crippen LogP contribution in [-0.2, 0) is 9.68 Å². The van der Waals surface area contributed by atoms with Crippen molar-refractivity contribution in [1.82, 2.24) is 19.9 Å². The zero-order valence-corrected chi connectivity index (χ0v) is 27.2. The predicted octanol–water partition coefficient (Wildman–Crippen LogP) is -2.97. The first-order valence-corrected chi connectivity index (χ1v) is 13.0. The fraction of sp³-hybridized carbons (Fsp3) is 0.125. The largest absolute Gasteiger partial charge is 1.00 e. The Balaban J connectivity index is 0. The van der Waals surface area contributed by atoms with Gasteiger partial charge in [-0.2, -0.15) is 0 Å². The molecule has 4 aromatic heterocycles. The van der Waals surface area contributed by atoms with Crippen molar-refractivity contribution in [1.29, 1.82) is 0 Å². The van der Waals surface area contributed by atoms with Crippen LogP contribution in [0.4, 0.5) is 0 Å². The van der Waals surface area contributed by atoms with Crippen LogP contribution in [0.25, 0.3) is 22.1 Å². The van der Waals surface area contributed by atoms with Crippen molar-refractivity contribution < 1.29 is 119 Å². The summed E-state index contributed by atoms with van der Waals surface area (Å²) in [5.41, 5.74) is 8.33. The average molecular weight is 521 g/mol. The second-order valence-electron chi connectivity index (χ2n) is 7.31. The van der Waals surface area contributed by atoms with Crippen molar-refractivity contribution in [2.75, 3.05) is 0 Å². The first-order chi connectivity index (χ1) is 15.4. The Kier molecular flexibility index (Phi) is 17.1. The Morgan fingerprint density at radius 1 is 0.882 bits per heavy atom. The summed E-state index contributed by atoms with van der Waals surface area (Å²) in [6.07, 6.45) is 8.72. The summed E-state index contributed by atoms with van der Waals surface area (Å²) in [6.45, 7) is 6.49. The Morgan fingerprint density at radius 3 is 1.79 bits per heavy atom. The van der Waals surface area contributed by atoms with Gasteiger partial charge in [0, 0.05) is 12.4 Å². The van der Waals surface area contributed by atoms with Crippen molar-refractivity contribution in [3.8, 4) is 23.8 Å². The smallest absolute Gasteiger partial charge is 1.00 e. The van der Waals surface area contributed by atoms with E-state index in [1.807, 2.05) is 42.5 Å². The molecular formula is C24H22K2N4O3Si. The van der Waals surface area contributed by atoms with Gasteiger partial charge in [0.2, 0.25) is 0 Å². The molecule has 4 heterocycles. The second kappa shape index (κ2) is 17.6. The third-order valence-electron chi connectivity index (χ3n) is 3.67. The molecule has 0 N–H and O–H groups in total. The number of rotatable bonds is 1. The van der Waals surface area contributed by atoms with Gasteiger partial charge in [0.1, 0.15) is 19.5 Å². The van der Waals surface area contributed by atoms with Crippen molar-refractivity contribution in [2.45, 2.75) is 19.6 Å². The van der Waals surface area contributed by atoms with Gasteiger partial charge >= 0.3 is 103 Å². The maximum atomic E-state index is 8.64. The number of hydrogen-bond donors (Lipinski definition) is 0. The molecule has 0 radical (unpaired) electrons. The maximum absolute atomic E-state index is 8.64. The molecule has 0 spiro atoms. The molecule has 4 aromatic rings. The quantitative estimate of drug-likeness (QED) is 0.0868. The predicted molar refractivity (Wildman–Crippen MR) is 125 cm³/mol. The van der Waals surface area contributed by atoms with E-state index in [0.29, 0.717) is 5.69 Å². The van der Waals surface area contributed by atoms with Crippen LogP contribution in [0.1, 0.15) is 12.8 Å². The summed E-state index contributed by atoms with van der Waals surface area (Å²) in [7, 11) is -1.32. The van der Waals surface area contributed by atoms with Gasteiger partial charge in [-0.15, -0.1) is 12.0 Å². The average Bonchev–Trinajstić information content (AvgIpc) is 2.82. The van der Waals surface area contributed by atoms with Crippen LogP contribution >= 0.6 is 0 Å². The third-order valence-corrected chi connectivity index (χ3v) is 4.54. The summed E-state index contributed by atoms with van der Waals surface area (Å²) < 4.78 is 0. The summed E-state index contributed by atoms with van der Waals surface area (Å²) in [5.74, 6) is 5.63. The van der Waals surface area contributed by atoms with Crippen molar-refractivity contribution in [2.24, 2.45) is 0 Å². The van der Waals surface area contributed by atoms with Crippen LogP contribution in [0, 0.1) is 23.8 Å². The summed E-state index contributed by atoms with van der Waals surface area (Å²) in [6, 6.07) is 15.2. The molecule has 34 heavy (non-hydrogen) atoms. The van der Waals surface area contributed by atoms with E-state index in [1.165, 1.54) is 0 Å². The molecule has 10 heteroatoms. The van der Waals surface area contributed by atoms with E-state index in [1.54, 1.807) is 18.5 Å². The normalized spacial score (nSPS) is 9.15. The number of carbonyl (C=O) groups is 1. The van der Waals surface area contributed by atoms with Crippen molar-refractivity contribution in [3.05, 3.63) is 72.3 Å². The number of carbonyl (C=O) groups excluding carboxylic acids is 1. The zero-order chi connectivity index (χ0) is 23.4. The summed E-state index contributed by atoms with van der Waals surface area (Å²) >= 11 is 0. The van der Waals surface area contributed by atoms with E-state index in [2.05, 4.69) is 61.8 Å². The van der Waals surface area contributed by atoms with Gasteiger partial charge in [-0.25, -0.2) is 9.97 Å². The number of pyridine rings is 4. The van der Waals surface area contributed by atoms with Crippen LogP contribution in [0.2, 0.25) is 19.6 Å². The molecular weight excluding hydrogens is 499 g/mol. The minimum Gasteiger partial charge on any atom is -1.00 e. The van der Waals surface area contributed by atoms with Gasteiger partial charge in [-0.05, 0) is 48.5 Å². The van der Waals surface area contributed by atoms with E-state index in [9.17, 15) is 0 Å². The molecule has 0 aliphatic heterocycles. The summed E-state index contributed by atoms with van der Waals surface area (Å²) in [5, 5.41) is 8.43. The molecule has 0 unspecified atom stereocenters. The van der Waals surface area contributed by atoms with Crippen LogP contribution in [0.5, 0.6) is 0 Å². The molecule has 0 fully saturated rings. The molecule has 0 bridgehead atoms. The van der Waals surface area contributed by atoms with Gasteiger partial charge in [0.05, 0.1) is 22.1 Å². The van der Waals surface area contributed by atoms with Gasteiger partial charge in [0.15, 0.2) is 0 Å². The van der Waals surface area contributed by atoms with Crippen molar-refractivity contribution >= 4 is 36.6 Å². The van der Waals surface area contributed by atoms with Gasteiger partial charge in [-0.1, -0.05) is 31.5 Å². The Hall–Kier alpha value is -0.840. The number of fused-ring (bicyclic) bond motifs is 2. The Labute approximate surface area is 286 Å². The topological polar surface area (TPSA) is 101 Å². The Morgan fingerprint density at radius 2 is 1.35 bits per heavy atom. The molecule has 7 nitrogen and oxygen atoms in total. The van der Waals surface area contributed by atoms with Crippen LogP contribution in [0.3, 0.4) is 0 Å². The monoisotopic (exact) mass is 520 g/mol. The van der Waals surface area contributed by atoms with E-state index in [0.717, 1.165) is 27.8 Å². The van der Waals surface area contributed by atoms with Crippen molar-refractivity contribution in [3.63, 3.8) is 0 Å². The zero-order valence-electron chi connectivity index (χ0n) is 20.9. The van der Waals surface area contributed by atoms with E-state index in [4.69, 9.17) is 16.5 Å². The molecule has 162 valence electrons. The number of nitrogens with zero attached hydrogens (tertiary/aromatic N) is 4. The molecule has 0 amide bonds. The van der Waals surface area contributed by atoms with Gasteiger partial charge in [-0.3, -0.25) is 14.8 Å². The fourth-order valence-electron chi connectivity index (χ4n) is 2.32. The van der Waals surface area contributed by atoms with Gasteiger partial charge in [0.25, 0.3) is 6.47 Å². The van der Waals surface area contributed by atoms with Gasteiger partial charge < -0.3 is 11.6 Å². The first-order valence-electron chi connectivity index (χ1n) is 9.52. The summed E-state index contributed by atoms with van der Waals surface area (Å²) in [4.78, 5) is 28.3. The molecule has 0 atom stereocenters.